The molecule has 1 amide bonds. The Morgan fingerprint density at radius 2 is 2.00 bits per heavy atom. The van der Waals surface area contributed by atoms with E-state index in [-0.39, 0.29) is 30.4 Å². The Morgan fingerprint density at radius 1 is 1.36 bits per heavy atom. The number of thiophene rings is 1. The van der Waals surface area contributed by atoms with Crippen LogP contribution in [0, 0.1) is 6.92 Å². The van der Waals surface area contributed by atoms with Gasteiger partial charge in [0.1, 0.15) is 0 Å². The quantitative estimate of drug-likeness (QED) is 0.777. The van der Waals surface area contributed by atoms with Crippen molar-refractivity contribution in [2.45, 2.75) is 52.7 Å². The largest absolute Gasteiger partial charge is 0.373 e. The van der Waals surface area contributed by atoms with Crippen molar-refractivity contribution < 1.29 is 17.9 Å². The molecular weight excluding hydrogens is 360 g/mol. The van der Waals surface area contributed by atoms with Crippen molar-refractivity contribution in [1.82, 2.24) is 9.62 Å². The zero-order valence-electron chi connectivity index (χ0n) is 15.4. The second kappa shape index (κ2) is 8.62. The minimum atomic E-state index is -3.40. The highest BCUT2D eigenvalue weighted by Gasteiger charge is 2.30. The Bertz CT molecular complexity index is 690. The molecule has 1 aromatic heterocycles. The normalized spacial score (nSPS) is 22.1. The van der Waals surface area contributed by atoms with Gasteiger partial charge in [-0.2, -0.15) is 4.31 Å². The lowest BCUT2D eigenvalue weighted by molar-refractivity contribution is -0.0440. The molecule has 25 heavy (non-hydrogen) atoms. The topological polar surface area (TPSA) is 75.7 Å². The van der Waals surface area contributed by atoms with E-state index in [4.69, 9.17) is 4.74 Å². The van der Waals surface area contributed by atoms with Gasteiger partial charge in [-0.15, -0.1) is 11.3 Å². The molecule has 2 heterocycles. The Morgan fingerprint density at radius 3 is 2.60 bits per heavy atom. The highest BCUT2D eigenvalue weighted by Crippen LogP contribution is 2.22. The second-order valence-electron chi connectivity index (χ2n) is 6.59. The Kier molecular flexibility index (Phi) is 7.01. The molecule has 0 saturated carbocycles. The molecule has 2 atom stereocenters. The number of carbonyl (C=O) groups excluding carboxylic acids is 1. The highest BCUT2D eigenvalue weighted by atomic mass is 32.2. The molecule has 1 aliphatic heterocycles. The summed E-state index contributed by atoms with van der Waals surface area (Å²) in [5, 5.41) is 2.73. The van der Waals surface area contributed by atoms with Gasteiger partial charge in [-0.25, -0.2) is 8.42 Å². The first-order chi connectivity index (χ1) is 11.7. The fraction of sp³-hybridized carbons (Fsp3) is 0.706. The van der Waals surface area contributed by atoms with Crippen molar-refractivity contribution in [3.8, 4) is 0 Å². The third kappa shape index (κ3) is 5.51. The number of nitrogens with zero attached hydrogens (tertiary/aromatic N) is 1. The molecule has 1 aromatic rings. The Balaban J connectivity index is 1.88. The molecule has 0 aliphatic carbocycles. The SMILES string of the molecule is CCCc1cc(C(=O)NCCS(=O)(=O)N2C[C@@H](C)O[C@H](C)C2)sc1C. The monoisotopic (exact) mass is 388 g/mol. The van der Waals surface area contributed by atoms with Gasteiger partial charge in [-0.05, 0) is 38.8 Å². The number of rotatable bonds is 7. The molecule has 1 saturated heterocycles. The molecule has 1 N–H and O–H groups in total. The molecule has 0 spiro atoms. The summed E-state index contributed by atoms with van der Waals surface area (Å²) in [5.41, 5.74) is 1.20. The number of amides is 1. The summed E-state index contributed by atoms with van der Waals surface area (Å²) in [6.07, 6.45) is 1.77. The standard InChI is InChI=1S/C17H28N2O4S2/c1-5-6-15-9-16(24-14(15)4)17(20)18-7-8-25(21,22)19-10-12(2)23-13(3)11-19/h9,12-13H,5-8,10-11H2,1-4H3,(H,18,20)/t12-,13-/m1/s1. The number of sulfonamides is 1. The lowest BCUT2D eigenvalue weighted by Crippen LogP contribution is -2.49. The van der Waals surface area contributed by atoms with Crippen LogP contribution in [0.25, 0.3) is 0 Å². The number of aryl methyl sites for hydroxylation is 2. The first-order valence-corrected chi connectivity index (χ1v) is 11.2. The van der Waals surface area contributed by atoms with Crippen LogP contribution in [0.15, 0.2) is 6.07 Å². The molecule has 0 radical (unpaired) electrons. The fourth-order valence-corrected chi connectivity index (χ4v) is 5.50. The minimum absolute atomic E-state index is 0.0929. The predicted molar refractivity (Wildman–Crippen MR) is 101 cm³/mol. The highest BCUT2D eigenvalue weighted by molar-refractivity contribution is 7.89. The molecule has 2 rings (SSSR count). The first-order valence-electron chi connectivity index (χ1n) is 8.73. The number of morpholine rings is 1. The third-order valence-corrected chi connectivity index (χ3v) is 7.09. The number of hydrogen-bond donors (Lipinski definition) is 1. The number of nitrogens with one attached hydrogen (secondary N) is 1. The van der Waals surface area contributed by atoms with Crippen LogP contribution >= 0.6 is 11.3 Å². The summed E-state index contributed by atoms with van der Waals surface area (Å²) in [6, 6.07) is 1.92. The van der Waals surface area contributed by atoms with Gasteiger partial charge in [-0.1, -0.05) is 13.3 Å². The van der Waals surface area contributed by atoms with Crippen LogP contribution in [0.3, 0.4) is 0 Å². The lowest BCUT2D eigenvalue weighted by atomic mass is 10.1. The van der Waals surface area contributed by atoms with Gasteiger partial charge < -0.3 is 10.1 Å². The van der Waals surface area contributed by atoms with E-state index in [1.165, 1.54) is 21.2 Å². The fourth-order valence-electron chi connectivity index (χ4n) is 3.02. The first kappa shape index (κ1) is 20.4. The molecule has 0 bridgehead atoms. The van der Waals surface area contributed by atoms with E-state index in [0.29, 0.717) is 18.0 Å². The average Bonchev–Trinajstić information content (AvgIpc) is 2.88. The van der Waals surface area contributed by atoms with Crippen LogP contribution < -0.4 is 5.32 Å². The zero-order valence-corrected chi connectivity index (χ0v) is 17.0. The maximum atomic E-state index is 12.5. The molecule has 1 fully saturated rings. The predicted octanol–water partition coefficient (Wildman–Crippen LogP) is 2.18. The van der Waals surface area contributed by atoms with Gasteiger partial charge in [0, 0.05) is 24.5 Å². The summed E-state index contributed by atoms with van der Waals surface area (Å²) in [4.78, 5) is 14.0. The number of hydrogen-bond acceptors (Lipinski definition) is 5. The van der Waals surface area contributed by atoms with Crippen LogP contribution in [-0.4, -0.2) is 56.2 Å². The average molecular weight is 389 g/mol. The van der Waals surface area contributed by atoms with Gasteiger partial charge in [-0.3, -0.25) is 4.79 Å². The Hall–Kier alpha value is -0.960. The van der Waals surface area contributed by atoms with Crippen LogP contribution in [0.5, 0.6) is 0 Å². The van der Waals surface area contributed by atoms with Crippen molar-refractivity contribution in [2.24, 2.45) is 0 Å². The van der Waals surface area contributed by atoms with Crippen LogP contribution in [0.4, 0.5) is 0 Å². The van der Waals surface area contributed by atoms with Gasteiger partial charge in [0.2, 0.25) is 10.0 Å². The molecule has 0 unspecified atom stereocenters. The molecule has 6 nitrogen and oxygen atoms in total. The van der Waals surface area contributed by atoms with Crippen molar-refractivity contribution in [1.29, 1.82) is 0 Å². The summed E-state index contributed by atoms with van der Waals surface area (Å²) in [5.74, 6) is -0.293. The Labute approximate surface area is 154 Å². The van der Waals surface area contributed by atoms with E-state index in [0.717, 1.165) is 17.7 Å². The van der Waals surface area contributed by atoms with Crippen LogP contribution in [0.2, 0.25) is 0 Å². The summed E-state index contributed by atoms with van der Waals surface area (Å²) in [7, 11) is -3.40. The zero-order chi connectivity index (χ0) is 18.6. The van der Waals surface area contributed by atoms with Crippen LogP contribution in [-0.2, 0) is 21.2 Å². The molecule has 142 valence electrons. The van der Waals surface area contributed by atoms with Crippen LogP contribution in [0.1, 0.15) is 47.3 Å². The second-order valence-corrected chi connectivity index (χ2v) is 9.93. The van der Waals surface area contributed by atoms with E-state index in [2.05, 4.69) is 12.2 Å². The number of carbonyl (C=O) groups is 1. The van der Waals surface area contributed by atoms with Gasteiger partial charge in [0.25, 0.3) is 5.91 Å². The minimum Gasteiger partial charge on any atom is -0.373 e. The van der Waals surface area contributed by atoms with Crippen molar-refractivity contribution >= 4 is 27.3 Å². The summed E-state index contributed by atoms with van der Waals surface area (Å²) < 4.78 is 32.0. The molecule has 8 heteroatoms. The molecule has 0 aromatic carbocycles. The van der Waals surface area contributed by atoms with Crippen molar-refractivity contribution in [3.05, 3.63) is 21.4 Å². The van der Waals surface area contributed by atoms with E-state index in [1.807, 2.05) is 26.8 Å². The lowest BCUT2D eigenvalue weighted by Gasteiger charge is -2.34. The maximum Gasteiger partial charge on any atom is 0.261 e. The summed E-state index contributed by atoms with van der Waals surface area (Å²) >= 11 is 1.46. The van der Waals surface area contributed by atoms with Gasteiger partial charge in [0.15, 0.2) is 0 Å². The van der Waals surface area contributed by atoms with E-state index in [9.17, 15) is 13.2 Å². The molecular formula is C17H28N2O4S2. The number of ether oxygens (including phenoxy) is 1. The van der Waals surface area contributed by atoms with Gasteiger partial charge in [0.05, 0.1) is 22.8 Å². The van der Waals surface area contributed by atoms with E-state index >= 15 is 0 Å². The maximum absolute atomic E-state index is 12.5. The summed E-state index contributed by atoms with van der Waals surface area (Å²) in [6.45, 7) is 8.70. The van der Waals surface area contributed by atoms with E-state index in [1.54, 1.807) is 0 Å². The smallest absolute Gasteiger partial charge is 0.261 e. The molecule has 1 aliphatic rings. The van der Waals surface area contributed by atoms with Crippen molar-refractivity contribution in [2.75, 3.05) is 25.4 Å². The van der Waals surface area contributed by atoms with E-state index < -0.39 is 10.0 Å². The van der Waals surface area contributed by atoms with Crippen molar-refractivity contribution in [3.63, 3.8) is 0 Å². The third-order valence-electron chi connectivity index (χ3n) is 4.19. The van der Waals surface area contributed by atoms with Gasteiger partial charge >= 0.3 is 0 Å².